The summed E-state index contributed by atoms with van der Waals surface area (Å²) >= 11 is 0. The van der Waals surface area contributed by atoms with Gasteiger partial charge >= 0.3 is 6.09 Å². The molecule has 3 rings (SSSR count). The lowest BCUT2D eigenvalue weighted by Gasteiger charge is -2.39. The zero-order chi connectivity index (χ0) is 18.0. The van der Waals surface area contributed by atoms with Crippen LogP contribution in [-0.2, 0) is 11.3 Å². The molecule has 2 aliphatic heterocycles. The molecule has 1 fully saturated rings. The fourth-order valence-corrected chi connectivity index (χ4v) is 3.09. The molecule has 1 aromatic heterocycles. The van der Waals surface area contributed by atoms with E-state index in [1.165, 1.54) is 0 Å². The monoisotopic (exact) mass is 476 g/mol. The number of nitrogens with zero attached hydrogens (tertiary/aromatic N) is 5. The van der Waals surface area contributed by atoms with Gasteiger partial charge in [0.25, 0.3) is 0 Å². The number of amides is 1. The topological polar surface area (TPSA) is 75.0 Å². The molecular formula is C17H29IN6O2. The summed E-state index contributed by atoms with van der Waals surface area (Å²) < 4.78 is 7.40. The zero-order valence-electron chi connectivity index (χ0n) is 15.9. The van der Waals surface area contributed by atoms with Crippen molar-refractivity contribution in [3.63, 3.8) is 0 Å². The number of guanidine groups is 1. The second-order valence-electron chi connectivity index (χ2n) is 7.65. The maximum absolute atomic E-state index is 12.2. The number of aromatic nitrogens is 2. The van der Waals surface area contributed by atoms with Crippen molar-refractivity contribution in [2.75, 3.05) is 32.7 Å². The second kappa shape index (κ2) is 8.45. The molecule has 0 saturated carbocycles. The second-order valence-corrected chi connectivity index (χ2v) is 7.65. The highest BCUT2D eigenvalue weighted by atomic mass is 127. The predicted octanol–water partition coefficient (Wildman–Crippen LogP) is 1.69. The quantitative estimate of drug-likeness (QED) is 0.673. The Labute approximate surface area is 172 Å². The van der Waals surface area contributed by atoms with Crippen molar-refractivity contribution in [2.45, 2.75) is 45.9 Å². The standard InChI is InChI=1S/C17H28N6O2.HI/c1-13-9-20-22(11-13)6-5-18-15-19-10-14-12-21(7-8-23(14)15)16(24)25-17(2,3)4;/h9,11,14H,5-8,10,12H2,1-4H3,(H,18,19);1H. The van der Waals surface area contributed by atoms with E-state index in [4.69, 9.17) is 4.74 Å². The van der Waals surface area contributed by atoms with E-state index in [1.807, 2.05) is 44.8 Å². The number of carbonyl (C=O) groups is 1. The molecular weight excluding hydrogens is 447 g/mol. The lowest BCUT2D eigenvalue weighted by molar-refractivity contribution is 0.0137. The van der Waals surface area contributed by atoms with Gasteiger partial charge in [-0.25, -0.2) is 4.79 Å². The van der Waals surface area contributed by atoms with Crippen LogP contribution in [0.4, 0.5) is 4.79 Å². The van der Waals surface area contributed by atoms with E-state index in [1.54, 1.807) is 4.90 Å². The van der Waals surface area contributed by atoms with E-state index < -0.39 is 5.60 Å². The average Bonchev–Trinajstić information content (AvgIpc) is 3.12. The number of rotatable bonds is 3. The summed E-state index contributed by atoms with van der Waals surface area (Å²) in [4.78, 5) is 20.9. The molecule has 1 amide bonds. The van der Waals surface area contributed by atoms with Gasteiger partial charge in [-0.15, -0.1) is 24.0 Å². The maximum Gasteiger partial charge on any atom is 0.410 e. The Bertz CT molecular complexity index is 654. The zero-order valence-corrected chi connectivity index (χ0v) is 18.3. The number of hydrogen-bond acceptors (Lipinski definition) is 6. The lowest BCUT2D eigenvalue weighted by Crippen LogP contribution is -2.57. The maximum atomic E-state index is 12.2. The minimum atomic E-state index is -0.460. The van der Waals surface area contributed by atoms with Gasteiger partial charge in [0.2, 0.25) is 0 Å². The first-order valence-corrected chi connectivity index (χ1v) is 8.84. The number of ether oxygens (including phenoxy) is 1. The van der Waals surface area contributed by atoms with Crippen LogP contribution >= 0.6 is 24.0 Å². The van der Waals surface area contributed by atoms with Crippen LogP contribution in [0.2, 0.25) is 0 Å². The van der Waals surface area contributed by atoms with Crippen molar-refractivity contribution in [2.24, 2.45) is 4.99 Å². The fourth-order valence-electron chi connectivity index (χ4n) is 3.09. The van der Waals surface area contributed by atoms with E-state index in [2.05, 4.69) is 20.3 Å². The van der Waals surface area contributed by atoms with E-state index >= 15 is 0 Å². The Morgan fingerprint density at radius 1 is 1.38 bits per heavy atom. The molecule has 1 aromatic rings. The van der Waals surface area contributed by atoms with E-state index in [-0.39, 0.29) is 36.1 Å². The number of aliphatic imine (C=N–C) groups is 1. The number of hydrogen-bond donors (Lipinski definition) is 1. The Balaban J connectivity index is 0.00000243. The first-order valence-electron chi connectivity index (χ1n) is 8.84. The molecule has 0 bridgehead atoms. The summed E-state index contributed by atoms with van der Waals surface area (Å²) in [6.45, 7) is 12.1. The number of carbonyl (C=O) groups excluding carboxylic acids is 1. The molecule has 26 heavy (non-hydrogen) atoms. The van der Waals surface area contributed by atoms with Crippen LogP contribution in [0.3, 0.4) is 0 Å². The van der Waals surface area contributed by atoms with Gasteiger partial charge in [0, 0.05) is 32.4 Å². The van der Waals surface area contributed by atoms with Crippen molar-refractivity contribution in [3.05, 3.63) is 18.0 Å². The summed E-state index contributed by atoms with van der Waals surface area (Å²) in [5.41, 5.74) is 0.703. The molecule has 0 aliphatic carbocycles. The number of aryl methyl sites for hydroxylation is 1. The van der Waals surface area contributed by atoms with Crippen molar-refractivity contribution >= 4 is 36.0 Å². The summed E-state index contributed by atoms with van der Waals surface area (Å²) in [7, 11) is 0. The van der Waals surface area contributed by atoms with Gasteiger partial charge in [0.05, 0.1) is 25.3 Å². The number of nitrogens with one attached hydrogen (secondary N) is 1. The van der Waals surface area contributed by atoms with Crippen molar-refractivity contribution < 1.29 is 9.53 Å². The Morgan fingerprint density at radius 2 is 2.15 bits per heavy atom. The molecule has 0 spiro atoms. The minimum Gasteiger partial charge on any atom is -0.444 e. The molecule has 9 heteroatoms. The SMILES string of the molecule is Cc1cnn(CCNC2=NCC3CN(C(=O)OC(C)(C)C)CCN23)c1.I. The van der Waals surface area contributed by atoms with Crippen LogP contribution in [0, 0.1) is 6.92 Å². The smallest absolute Gasteiger partial charge is 0.410 e. The van der Waals surface area contributed by atoms with Gasteiger partial charge in [-0.2, -0.15) is 5.10 Å². The molecule has 146 valence electrons. The third-order valence-electron chi connectivity index (χ3n) is 4.24. The molecule has 3 heterocycles. The first kappa shape index (κ1) is 20.8. The van der Waals surface area contributed by atoms with Crippen molar-refractivity contribution in [3.8, 4) is 0 Å². The normalized spacial score (nSPS) is 19.5. The van der Waals surface area contributed by atoms with E-state index in [0.717, 1.165) is 31.2 Å². The molecule has 0 radical (unpaired) electrons. The third-order valence-corrected chi connectivity index (χ3v) is 4.24. The van der Waals surface area contributed by atoms with Gasteiger partial charge in [-0.3, -0.25) is 9.67 Å². The van der Waals surface area contributed by atoms with Gasteiger partial charge in [0.15, 0.2) is 5.96 Å². The molecule has 1 N–H and O–H groups in total. The van der Waals surface area contributed by atoms with E-state index in [0.29, 0.717) is 19.6 Å². The Hall–Kier alpha value is -1.52. The summed E-state index contributed by atoms with van der Waals surface area (Å²) in [6.07, 6.45) is 3.65. The van der Waals surface area contributed by atoms with Crippen LogP contribution in [0.1, 0.15) is 26.3 Å². The first-order chi connectivity index (χ1) is 11.8. The molecule has 0 aromatic carbocycles. The highest BCUT2D eigenvalue weighted by Crippen LogP contribution is 2.18. The summed E-state index contributed by atoms with van der Waals surface area (Å²) in [6, 6.07) is 0.232. The van der Waals surface area contributed by atoms with Crippen LogP contribution in [0.15, 0.2) is 17.4 Å². The van der Waals surface area contributed by atoms with Crippen LogP contribution in [0.25, 0.3) is 0 Å². The molecule has 1 saturated heterocycles. The minimum absolute atomic E-state index is 0. The Morgan fingerprint density at radius 3 is 2.81 bits per heavy atom. The van der Waals surface area contributed by atoms with Gasteiger partial charge in [-0.05, 0) is 33.3 Å². The highest BCUT2D eigenvalue weighted by Gasteiger charge is 2.36. The largest absolute Gasteiger partial charge is 0.444 e. The number of piperazine rings is 1. The average molecular weight is 476 g/mol. The molecule has 2 aliphatic rings. The predicted molar refractivity (Wildman–Crippen MR) is 111 cm³/mol. The van der Waals surface area contributed by atoms with Crippen LogP contribution in [-0.4, -0.2) is 76.0 Å². The molecule has 1 atom stereocenters. The van der Waals surface area contributed by atoms with Crippen LogP contribution in [0.5, 0.6) is 0 Å². The van der Waals surface area contributed by atoms with Crippen molar-refractivity contribution in [1.82, 2.24) is 24.9 Å². The van der Waals surface area contributed by atoms with Crippen molar-refractivity contribution in [1.29, 1.82) is 0 Å². The fraction of sp³-hybridized carbons (Fsp3) is 0.706. The van der Waals surface area contributed by atoms with E-state index in [9.17, 15) is 4.79 Å². The highest BCUT2D eigenvalue weighted by molar-refractivity contribution is 14.0. The third kappa shape index (κ3) is 5.24. The Kier molecular flexibility index (Phi) is 6.75. The number of halogens is 1. The molecule has 8 nitrogen and oxygen atoms in total. The summed E-state index contributed by atoms with van der Waals surface area (Å²) in [5, 5.41) is 7.69. The summed E-state index contributed by atoms with van der Waals surface area (Å²) in [5.74, 6) is 0.928. The van der Waals surface area contributed by atoms with Crippen LogP contribution < -0.4 is 5.32 Å². The van der Waals surface area contributed by atoms with Gasteiger partial charge in [0.1, 0.15) is 5.60 Å². The van der Waals surface area contributed by atoms with Gasteiger partial charge in [-0.1, -0.05) is 0 Å². The molecule has 1 unspecified atom stereocenters. The number of fused-ring (bicyclic) bond motifs is 1. The lowest BCUT2D eigenvalue weighted by atomic mass is 10.2. The van der Waals surface area contributed by atoms with Gasteiger partial charge < -0.3 is 19.9 Å².